The molecule has 5 N–H and O–H groups in total. The van der Waals surface area contributed by atoms with Crippen LogP contribution in [0.25, 0.3) is 0 Å². The van der Waals surface area contributed by atoms with E-state index in [2.05, 4.69) is 20.6 Å². The lowest BCUT2D eigenvalue weighted by Gasteiger charge is -2.38. The van der Waals surface area contributed by atoms with Crippen molar-refractivity contribution in [3.63, 3.8) is 0 Å². The fraction of sp³-hybridized carbons (Fsp3) is 0.594. The molecule has 0 spiro atoms. The molecule has 1 aliphatic carbocycles. The van der Waals surface area contributed by atoms with E-state index in [-0.39, 0.29) is 55.6 Å². The van der Waals surface area contributed by atoms with Gasteiger partial charge in [-0.25, -0.2) is 24.5 Å². The van der Waals surface area contributed by atoms with Gasteiger partial charge in [-0.2, -0.15) is 12.7 Å². The van der Waals surface area contributed by atoms with Crippen molar-refractivity contribution in [2.45, 2.75) is 64.5 Å². The molecule has 3 aliphatic rings. The van der Waals surface area contributed by atoms with Crippen molar-refractivity contribution < 1.29 is 32.3 Å². The fourth-order valence-corrected chi connectivity index (χ4v) is 7.73. The molecular weight excluding hydrogens is 668 g/mol. The molecule has 272 valence electrons. The Labute approximate surface area is 291 Å². The molecule has 2 aliphatic heterocycles. The number of fused-ring (bicyclic) bond motifs is 1. The highest BCUT2D eigenvalue weighted by Gasteiger charge is 2.46. The predicted molar refractivity (Wildman–Crippen MR) is 185 cm³/mol. The van der Waals surface area contributed by atoms with E-state index in [1.807, 2.05) is 15.7 Å². The minimum Gasteiger partial charge on any atom is -0.447 e. The van der Waals surface area contributed by atoms with Crippen molar-refractivity contribution in [1.82, 2.24) is 29.3 Å². The quantitative estimate of drug-likeness (QED) is 0.178. The van der Waals surface area contributed by atoms with Gasteiger partial charge < -0.3 is 30.9 Å². The van der Waals surface area contributed by atoms with Crippen LogP contribution >= 0.6 is 0 Å². The number of nitrogens with zero attached hydrogens (tertiary/aromatic N) is 6. The summed E-state index contributed by atoms with van der Waals surface area (Å²) < 4.78 is 33.5. The molecule has 2 aromatic rings. The van der Waals surface area contributed by atoms with Gasteiger partial charge in [-0.3, -0.25) is 14.4 Å². The van der Waals surface area contributed by atoms with Gasteiger partial charge in [0.25, 0.3) is 0 Å². The standard InChI is InChI=1S/C32H46N10O7S/c1-19(2)26(33)30(45)34-11-16-49-32(46)39-50(47,48)42-14-12-41(13-15-42)22-9-10-24(35-17-22)37-31-36-18-23-27(38-31)25(21-7-5-6-8-21)29(44)28(20(3)43)40(23)4/h9-10,17-19,21,25-26,28H,5-8,11-16,33H2,1-4H3,(H,34,45)(H,39,46)(H,35,36,37,38)/t25?,26-,28?/m0/s1. The molecule has 18 heteroatoms. The van der Waals surface area contributed by atoms with Crippen LogP contribution in [0.3, 0.4) is 0 Å². The van der Waals surface area contributed by atoms with Crippen molar-refractivity contribution in [3.8, 4) is 0 Å². The highest BCUT2D eigenvalue weighted by atomic mass is 32.2. The minimum absolute atomic E-state index is 0.00380. The summed E-state index contributed by atoms with van der Waals surface area (Å²) in [6.07, 6.45) is 6.09. The second-order valence-corrected chi connectivity index (χ2v) is 14.9. The third-order valence-corrected chi connectivity index (χ3v) is 11.0. The van der Waals surface area contributed by atoms with Crippen molar-refractivity contribution in [2.24, 2.45) is 17.6 Å². The van der Waals surface area contributed by atoms with Crippen LogP contribution in [0.2, 0.25) is 0 Å². The van der Waals surface area contributed by atoms with Gasteiger partial charge >= 0.3 is 16.3 Å². The van der Waals surface area contributed by atoms with Gasteiger partial charge in [0.1, 0.15) is 18.5 Å². The number of pyridine rings is 1. The molecule has 3 atom stereocenters. The zero-order valence-corrected chi connectivity index (χ0v) is 29.6. The molecule has 1 saturated carbocycles. The second kappa shape index (κ2) is 15.6. The van der Waals surface area contributed by atoms with Crippen molar-refractivity contribution in [2.75, 3.05) is 61.5 Å². The Kier molecular flexibility index (Phi) is 11.5. The maximum atomic E-state index is 13.6. The van der Waals surface area contributed by atoms with Crippen LogP contribution in [0.4, 0.5) is 27.9 Å². The highest BCUT2D eigenvalue weighted by molar-refractivity contribution is 7.87. The minimum atomic E-state index is -4.14. The summed E-state index contributed by atoms with van der Waals surface area (Å²) in [7, 11) is -2.42. The Hall–Kier alpha value is -4.42. The molecule has 2 amide bonds. The summed E-state index contributed by atoms with van der Waals surface area (Å²) >= 11 is 0. The number of hydrogen-bond donors (Lipinski definition) is 4. The smallest absolute Gasteiger partial charge is 0.421 e. The molecule has 0 aromatic carbocycles. The fourth-order valence-electron chi connectivity index (χ4n) is 6.69. The van der Waals surface area contributed by atoms with Gasteiger partial charge in [-0.15, -0.1) is 0 Å². The molecule has 2 aromatic heterocycles. The zero-order valence-electron chi connectivity index (χ0n) is 28.8. The first kappa shape index (κ1) is 36.9. The summed E-state index contributed by atoms with van der Waals surface area (Å²) in [5.74, 6) is -0.306. The van der Waals surface area contributed by atoms with Crippen LogP contribution < -0.4 is 30.9 Å². The highest BCUT2D eigenvalue weighted by Crippen LogP contribution is 2.44. The summed E-state index contributed by atoms with van der Waals surface area (Å²) in [5, 5.41) is 5.66. The van der Waals surface area contributed by atoms with E-state index in [1.165, 1.54) is 6.92 Å². The molecule has 2 fully saturated rings. The summed E-state index contributed by atoms with van der Waals surface area (Å²) in [6.45, 7) is 5.78. The van der Waals surface area contributed by atoms with E-state index in [1.54, 1.807) is 44.3 Å². The number of piperazine rings is 1. The summed E-state index contributed by atoms with van der Waals surface area (Å²) in [4.78, 5) is 67.4. The molecule has 17 nitrogen and oxygen atoms in total. The molecule has 50 heavy (non-hydrogen) atoms. The maximum absolute atomic E-state index is 13.6. The Morgan fingerprint density at radius 2 is 1.76 bits per heavy atom. The number of rotatable bonds is 12. The Balaban J connectivity index is 1.14. The molecule has 5 rings (SSSR count). The molecule has 4 heterocycles. The maximum Gasteiger partial charge on any atom is 0.421 e. The molecule has 0 radical (unpaired) electrons. The van der Waals surface area contributed by atoms with E-state index in [4.69, 9.17) is 15.5 Å². The lowest BCUT2D eigenvalue weighted by atomic mass is 9.77. The molecule has 1 saturated heterocycles. The summed E-state index contributed by atoms with van der Waals surface area (Å²) in [5.41, 5.74) is 7.83. The van der Waals surface area contributed by atoms with Gasteiger partial charge in [0.15, 0.2) is 11.6 Å². The van der Waals surface area contributed by atoms with E-state index in [0.29, 0.717) is 36.2 Å². The monoisotopic (exact) mass is 714 g/mol. The number of likely N-dealkylation sites (N-methyl/N-ethyl adjacent to an activating group) is 1. The first-order chi connectivity index (χ1) is 23.8. The Bertz CT molecular complexity index is 1680. The van der Waals surface area contributed by atoms with E-state index >= 15 is 0 Å². The topological polar surface area (TPSA) is 222 Å². The number of nitrogens with two attached hydrogens (primary N) is 1. The number of anilines is 4. The number of ketones is 2. The van der Waals surface area contributed by atoms with E-state index in [0.717, 1.165) is 35.7 Å². The van der Waals surface area contributed by atoms with Crippen LogP contribution in [0, 0.1) is 11.8 Å². The third kappa shape index (κ3) is 8.30. The van der Waals surface area contributed by atoms with Crippen LogP contribution in [-0.2, 0) is 29.3 Å². The number of aromatic nitrogens is 3. The van der Waals surface area contributed by atoms with Gasteiger partial charge in [-0.05, 0) is 43.7 Å². The van der Waals surface area contributed by atoms with Crippen molar-refractivity contribution in [1.29, 1.82) is 0 Å². The number of Topliss-reactive ketones (excluding diaryl/α,β-unsaturated/α-hetero) is 2. The first-order valence-corrected chi connectivity index (χ1v) is 18.3. The number of hydrogen-bond acceptors (Lipinski definition) is 14. The van der Waals surface area contributed by atoms with Gasteiger partial charge in [0, 0.05) is 33.2 Å². The lowest BCUT2D eigenvalue weighted by molar-refractivity contribution is -0.130. The largest absolute Gasteiger partial charge is 0.447 e. The van der Waals surface area contributed by atoms with Crippen molar-refractivity contribution in [3.05, 3.63) is 30.2 Å². The van der Waals surface area contributed by atoms with Gasteiger partial charge in [0.2, 0.25) is 11.9 Å². The van der Waals surface area contributed by atoms with Crippen LogP contribution in [0.5, 0.6) is 0 Å². The second-order valence-electron chi connectivity index (χ2n) is 13.2. The SMILES string of the molecule is CC(=O)C1C(=O)C(C2CCCC2)c2nc(Nc3ccc(N4CCN(S(=O)(=O)NC(=O)OCCNC(=O)[C@@H](N)C(C)C)CC4)cn3)ncc2N1C. The van der Waals surface area contributed by atoms with Crippen molar-refractivity contribution >= 4 is 56.9 Å². The van der Waals surface area contributed by atoms with Crippen LogP contribution in [0.15, 0.2) is 24.5 Å². The predicted octanol–water partition coefficient (Wildman–Crippen LogP) is 1.06. The zero-order chi connectivity index (χ0) is 36.2. The average Bonchev–Trinajstić information content (AvgIpc) is 3.61. The third-order valence-electron chi connectivity index (χ3n) is 9.49. The van der Waals surface area contributed by atoms with E-state index in [9.17, 15) is 27.6 Å². The number of amides is 2. The van der Waals surface area contributed by atoms with Gasteiger partial charge in [-0.1, -0.05) is 26.7 Å². The number of carbonyl (C=O) groups is 4. The average molecular weight is 715 g/mol. The molecule has 2 unspecified atom stereocenters. The van der Waals surface area contributed by atoms with E-state index < -0.39 is 34.3 Å². The molecule has 0 bridgehead atoms. The normalized spacial score (nSPS) is 20.7. The first-order valence-electron chi connectivity index (χ1n) is 16.9. The van der Waals surface area contributed by atoms with Crippen LogP contribution in [-0.4, -0.2) is 110 Å². The van der Waals surface area contributed by atoms with Gasteiger partial charge in [0.05, 0.1) is 48.0 Å². The lowest BCUT2D eigenvalue weighted by Crippen LogP contribution is -2.53. The molecular formula is C32H46N10O7S. The van der Waals surface area contributed by atoms with Crippen LogP contribution in [0.1, 0.15) is 58.1 Å². The Morgan fingerprint density at radius 3 is 2.38 bits per heavy atom. The number of ether oxygens (including phenoxy) is 1. The Morgan fingerprint density at radius 1 is 1.06 bits per heavy atom. The number of nitrogens with one attached hydrogen (secondary N) is 3. The summed E-state index contributed by atoms with van der Waals surface area (Å²) in [6, 6.07) is 2.06. The number of carbonyl (C=O) groups excluding carboxylic acids is 4.